The second kappa shape index (κ2) is 7.77. The molecule has 23 heavy (non-hydrogen) atoms. The van der Waals surface area contributed by atoms with Crippen LogP contribution in [0.4, 0.5) is 8.78 Å². The van der Waals surface area contributed by atoms with E-state index >= 15 is 0 Å². The topological polar surface area (TPSA) is 0 Å². The highest BCUT2D eigenvalue weighted by atomic mass is 19.1. The maximum atomic E-state index is 13.8. The van der Waals surface area contributed by atoms with E-state index in [0.717, 1.165) is 30.2 Å². The van der Waals surface area contributed by atoms with Crippen molar-refractivity contribution in [2.24, 2.45) is 11.8 Å². The predicted octanol–water partition coefficient (Wildman–Crippen LogP) is 6.91. The lowest BCUT2D eigenvalue weighted by Crippen LogP contribution is -2.16. The van der Waals surface area contributed by atoms with E-state index in [1.165, 1.54) is 64.7 Å². The summed E-state index contributed by atoms with van der Waals surface area (Å²) >= 11 is 0. The van der Waals surface area contributed by atoms with E-state index in [4.69, 9.17) is 0 Å². The van der Waals surface area contributed by atoms with Crippen LogP contribution in [0, 0.1) is 30.4 Å². The van der Waals surface area contributed by atoms with E-state index in [1.807, 2.05) is 0 Å². The lowest BCUT2D eigenvalue weighted by Gasteiger charge is -2.30. The zero-order valence-electron chi connectivity index (χ0n) is 14.4. The molecule has 2 aliphatic rings. The van der Waals surface area contributed by atoms with E-state index in [1.54, 1.807) is 12.1 Å². The van der Waals surface area contributed by atoms with Gasteiger partial charge in [-0.3, -0.25) is 0 Å². The first kappa shape index (κ1) is 16.9. The molecule has 2 saturated carbocycles. The Bertz CT molecular complexity index is 486. The molecule has 0 saturated heterocycles. The Morgan fingerprint density at radius 3 is 1.87 bits per heavy atom. The van der Waals surface area contributed by atoms with Crippen LogP contribution in [0.1, 0.15) is 87.7 Å². The summed E-state index contributed by atoms with van der Waals surface area (Å²) in [4.78, 5) is 0. The zero-order valence-corrected chi connectivity index (χ0v) is 14.4. The lowest BCUT2D eigenvalue weighted by atomic mass is 9.75. The second-order valence-electron chi connectivity index (χ2n) is 7.91. The Balaban J connectivity index is 1.48. The molecule has 0 nitrogen and oxygen atoms in total. The van der Waals surface area contributed by atoms with Gasteiger partial charge in [-0.05, 0) is 68.1 Å². The quantitative estimate of drug-likeness (QED) is 0.565. The summed E-state index contributed by atoms with van der Waals surface area (Å²) in [5.74, 6) is 1.39. The van der Waals surface area contributed by atoms with Gasteiger partial charge in [-0.2, -0.15) is 0 Å². The van der Waals surface area contributed by atoms with Crippen molar-refractivity contribution in [1.29, 1.82) is 0 Å². The van der Waals surface area contributed by atoms with Gasteiger partial charge in [0, 0.05) is 5.56 Å². The van der Waals surface area contributed by atoms with E-state index in [9.17, 15) is 8.78 Å². The van der Waals surface area contributed by atoms with Gasteiger partial charge < -0.3 is 0 Å². The number of hydrogen-bond donors (Lipinski definition) is 0. The minimum absolute atomic E-state index is 0.148. The largest absolute Gasteiger partial charge is 0.207 e. The Morgan fingerprint density at radius 1 is 0.783 bits per heavy atom. The van der Waals surface area contributed by atoms with Crippen LogP contribution in [-0.2, 0) is 0 Å². The lowest BCUT2D eigenvalue weighted by molar-refractivity contribution is 0.261. The van der Waals surface area contributed by atoms with E-state index in [-0.39, 0.29) is 17.2 Å². The van der Waals surface area contributed by atoms with Crippen LogP contribution < -0.4 is 0 Å². The SMILES string of the molecule is Cc1c(F)cc(C2CCC(CCC3CCCCC3)CC2)cc1F. The van der Waals surface area contributed by atoms with Gasteiger partial charge in [0.2, 0.25) is 0 Å². The normalized spacial score (nSPS) is 26.4. The molecule has 0 bridgehead atoms. The Hall–Kier alpha value is -0.920. The van der Waals surface area contributed by atoms with Crippen molar-refractivity contribution >= 4 is 0 Å². The molecular weight excluding hydrogens is 290 g/mol. The minimum atomic E-state index is -0.389. The van der Waals surface area contributed by atoms with Gasteiger partial charge >= 0.3 is 0 Å². The maximum Gasteiger partial charge on any atom is 0.129 e. The molecule has 0 aliphatic heterocycles. The van der Waals surface area contributed by atoms with Crippen LogP contribution in [-0.4, -0.2) is 0 Å². The van der Waals surface area contributed by atoms with Gasteiger partial charge in [0.25, 0.3) is 0 Å². The molecule has 3 rings (SSSR count). The number of hydrogen-bond acceptors (Lipinski definition) is 0. The van der Waals surface area contributed by atoms with Crippen molar-refractivity contribution in [3.05, 3.63) is 34.9 Å². The molecule has 0 radical (unpaired) electrons. The summed E-state index contributed by atoms with van der Waals surface area (Å²) in [6, 6.07) is 3.12. The van der Waals surface area contributed by atoms with E-state index < -0.39 is 0 Å². The van der Waals surface area contributed by atoms with Crippen molar-refractivity contribution in [3.8, 4) is 0 Å². The fraction of sp³-hybridized carbons (Fsp3) is 0.714. The van der Waals surface area contributed by atoms with Gasteiger partial charge in [0.1, 0.15) is 11.6 Å². The van der Waals surface area contributed by atoms with Gasteiger partial charge in [0.15, 0.2) is 0 Å². The third-order valence-electron chi connectivity index (χ3n) is 6.33. The highest BCUT2D eigenvalue weighted by Gasteiger charge is 2.24. The average molecular weight is 320 g/mol. The van der Waals surface area contributed by atoms with Crippen molar-refractivity contribution in [2.45, 2.75) is 83.5 Å². The van der Waals surface area contributed by atoms with Gasteiger partial charge in [-0.1, -0.05) is 44.9 Å². The van der Waals surface area contributed by atoms with E-state index in [0.29, 0.717) is 5.92 Å². The number of benzene rings is 1. The van der Waals surface area contributed by atoms with Crippen LogP contribution in [0.2, 0.25) is 0 Å². The Labute approximate surface area is 139 Å². The van der Waals surface area contributed by atoms with Crippen molar-refractivity contribution in [2.75, 3.05) is 0 Å². The molecule has 2 heteroatoms. The molecule has 0 atom stereocenters. The van der Waals surface area contributed by atoms with Crippen LogP contribution >= 0.6 is 0 Å². The molecule has 0 aromatic heterocycles. The molecule has 2 aliphatic carbocycles. The molecule has 0 unspecified atom stereocenters. The fourth-order valence-corrected chi connectivity index (χ4v) is 4.63. The standard InChI is InChI=1S/C21H30F2/c1-15-20(22)13-19(14-21(15)23)18-11-9-17(10-12-18)8-7-16-5-3-2-4-6-16/h13-14,16-18H,2-12H2,1H3. The van der Waals surface area contributed by atoms with Gasteiger partial charge in [0.05, 0.1) is 0 Å². The molecule has 0 heterocycles. The Morgan fingerprint density at radius 2 is 1.30 bits per heavy atom. The summed E-state index contributed by atoms with van der Waals surface area (Å²) in [5.41, 5.74) is 1.02. The molecule has 0 N–H and O–H groups in total. The zero-order chi connectivity index (χ0) is 16.2. The van der Waals surface area contributed by atoms with Gasteiger partial charge in [-0.15, -0.1) is 0 Å². The predicted molar refractivity (Wildman–Crippen MR) is 91.6 cm³/mol. The highest BCUT2D eigenvalue weighted by Crippen LogP contribution is 2.39. The Kier molecular flexibility index (Phi) is 5.71. The van der Waals surface area contributed by atoms with Crippen LogP contribution in [0.5, 0.6) is 0 Å². The second-order valence-corrected chi connectivity index (χ2v) is 7.91. The first-order valence-electron chi connectivity index (χ1n) is 9.59. The third kappa shape index (κ3) is 4.33. The molecule has 128 valence electrons. The molecule has 0 spiro atoms. The molecule has 1 aromatic carbocycles. The van der Waals surface area contributed by atoms with Crippen LogP contribution in [0.3, 0.4) is 0 Å². The number of rotatable bonds is 4. The summed E-state index contributed by atoms with van der Waals surface area (Å²) in [7, 11) is 0. The maximum absolute atomic E-state index is 13.8. The first-order valence-corrected chi connectivity index (χ1v) is 9.59. The summed E-state index contributed by atoms with van der Waals surface area (Å²) in [5, 5.41) is 0. The molecule has 1 aromatic rings. The van der Waals surface area contributed by atoms with E-state index in [2.05, 4.69) is 0 Å². The minimum Gasteiger partial charge on any atom is -0.207 e. The van der Waals surface area contributed by atoms with Crippen molar-refractivity contribution in [3.63, 3.8) is 0 Å². The molecular formula is C21H30F2. The third-order valence-corrected chi connectivity index (χ3v) is 6.33. The van der Waals surface area contributed by atoms with Crippen LogP contribution in [0.15, 0.2) is 12.1 Å². The first-order chi connectivity index (χ1) is 11.1. The average Bonchev–Trinajstić information content (AvgIpc) is 2.59. The number of halogens is 2. The van der Waals surface area contributed by atoms with Crippen molar-refractivity contribution in [1.82, 2.24) is 0 Å². The summed E-state index contributed by atoms with van der Waals surface area (Å²) in [6.07, 6.45) is 14.6. The fourth-order valence-electron chi connectivity index (χ4n) is 4.63. The summed E-state index contributed by atoms with van der Waals surface area (Å²) in [6.45, 7) is 1.51. The summed E-state index contributed by atoms with van der Waals surface area (Å²) < 4.78 is 27.5. The monoisotopic (exact) mass is 320 g/mol. The van der Waals surface area contributed by atoms with Crippen molar-refractivity contribution < 1.29 is 8.78 Å². The highest BCUT2D eigenvalue weighted by molar-refractivity contribution is 5.28. The van der Waals surface area contributed by atoms with Crippen LogP contribution in [0.25, 0.3) is 0 Å². The van der Waals surface area contributed by atoms with Gasteiger partial charge in [-0.25, -0.2) is 8.78 Å². The smallest absolute Gasteiger partial charge is 0.129 e. The molecule has 0 amide bonds. The molecule has 2 fully saturated rings.